The predicted octanol–water partition coefficient (Wildman–Crippen LogP) is 5.15. The number of aromatic nitrogens is 2. The lowest BCUT2D eigenvalue weighted by Gasteiger charge is -2.10. The molecule has 0 amide bonds. The average molecular weight is 365 g/mol. The molecule has 27 heavy (non-hydrogen) atoms. The van der Waals surface area contributed by atoms with Gasteiger partial charge in [-0.15, -0.1) is 0 Å². The largest absolute Gasteiger partial charge is 0.433 e. The molecule has 0 saturated heterocycles. The van der Waals surface area contributed by atoms with Crippen LogP contribution in [0.25, 0.3) is 0 Å². The van der Waals surface area contributed by atoms with E-state index >= 15 is 0 Å². The van der Waals surface area contributed by atoms with Gasteiger partial charge in [0.1, 0.15) is 17.8 Å². The Hall–Kier alpha value is -3.48. The maximum atomic E-state index is 11.6. The first-order valence-corrected chi connectivity index (χ1v) is 8.49. The highest BCUT2D eigenvalue weighted by Gasteiger charge is 2.27. The number of nitrogens with zero attached hydrogens (tertiary/aromatic N) is 3. The number of aryl methyl sites for hydroxylation is 3. The molecule has 0 spiro atoms. The Labute approximate surface area is 156 Å². The van der Waals surface area contributed by atoms with Crippen molar-refractivity contribution < 1.29 is 14.4 Å². The maximum absolute atomic E-state index is 11.6. The second-order valence-electron chi connectivity index (χ2n) is 6.04. The van der Waals surface area contributed by atoms with Crippen molar-refractivity contribution in [3.8, 4) is 23.3 Å². The van der Waals surface area contributed by atoms with Crippen LogP contribution in [0.1, 0.15) is 23.6 Å². The summed E-state index contributed by atoms with van der Waals surface area (Å²) in [5.41, 5.74) is 2.82. The van der Waals surface area contributed by atoms with Crippen molar-refractivity contribution in [2.75, 3.05) is 0 Å². The second kappa shape index (κ2) is 7.82. The van der Waals surface area contributed by atoms with Crippen LogP contribution in [0, 0.1) is 24.0 Å². The van der Waals surface area contributed by atoms with Crippen LogP contribution in [-0.4, -0.2) is 14.9 Å². The minimum Gasteiger partial charge on any atom is -0.433 e. The second-order valence-corrected chi connectivity index (χ2v) is 6.04. The molecule has 0 radical (unpaired) electrons. The van der Waals surface area contributed by atoms with E-state index in [-0.39, 0.29) is 11.8 Å². The summed E-state index contributed by atoms with van der Waals surface area (Å²) < 4.78 is 11.3. The third-order valence-electron chi connectivity index (χ3n) is 4.18. The van der Waals surface area contributed by atoms with Crippen molar-refractivity contribution in [2.45, 2.75) is 27.2 Å². The van der Waals surface area contributed by atoms with Crippen LogP contribution in [0.5, 0.6) is 23.3 Å². The molecular weight excluding hydrogens is 346 g/mol. The molecule has 0 fully saturated rings. The summed E-state index contributed by atoms with van der Waals surface area (Å²) in [6.45, 7) is 5.95. The summed E-state index contributed by atoms with van der Waals surface area (Å²) in [5, 5.41) is 11.6. The molecule has 2 aromatic carbocycles. The monoisotopic (exact) mass is 365 g/mol. The van der Waals surface area contributed by atoms with E-state index in [1.807, 2.05) is 39.0 Å². The molecule has 0 saturated carbocycles. The smallest absolute Gasteiger partial charge is 0.393 e. The summed E-state index contributed by atoms with van der Waals surface area (Å²) in [6, 6.07) is 12.7. The molecule has 3 aromatic rings. The van der Waals surface area contributed by atoms with E-state index in [0.29, 0.717) is 11.5 Å². The first-order chi connectivity index (χ1) is 13.0. The minimum absolute atomic E-state index is 0.168. The van der Waals surface area contributed by atoms with Crippen LogP contribution < -0.4 is 9.47 Å². The molecule has 3 rings (SSSR count). The predicted molar refractivity (Wildman–Crippen MR) is 101 cm³/mol. The summed E-state index contributed by atoms with van der Waals surface area (Å²) in [6.07, 6.45) is 2.07. The lowest BCUT2D eigenvalue weighted by molar-refractivity contribution is -0.387. The number of benzene rings is 2. The Morgan fingerprint density at radius 3 is 2.07 bits per heavy atom. The van der Waals surface area contributed by atoms with Crippen LogP contribution in [-0.2, 0) is 6.42 Å². The number of hydrogen-bond donors (Lipinski definition) is 0. The average Bonchev–Trinajstić information content (AvgIpc) is 2.65. The van der Waals surface area contributed by atoms with Crippen LogP contribution in [0.2, 0.25) is 0 Å². The van der Waals surface area contributed by atoms with E-state index in [1.54, 1.807) is 24.3 Å². The van der Waals surface area contributed by atoms with Gasteiger partial charge >= 0.3 is 17.4 Å². The van der Waals surface area contributed by atoms with Gasteiger partial charge in [0.25, 0.3) is 0 Å². The van der Waals surface area contributed by atoms with Crippen molar-refractivity contribution in [1.29, 1.82) is 0 Å². The highest BCUT2D eigenvalue weighted by atomic mass is 16.6. The van der Waals surface area contributed by atoms with Gasteiger partial charge in [0.2, 0.25) is 0 Å². The van der Waals surface area contributed by atoms with Crippen molar-refractivity contribution in [2.24, 2.45) is 0 Å². The van der Waals surface area contributed by atoms with Crippen LogP contribution in [0.15, 0.2) is 48.8 Å². The van der Waals surface area contributed by atoms with Crippen molar-refractivity contribution in [3.63, 3.8) is 0 Å². The van der Waals surface area contributed by atoms with E-state index in [4.69, 9.17) is 9.47 Å². The third-order valence-corrected chi connectivity index (χ3v) is 4.18. The van der Waals surface area contributed by atoms with Crippen molar-refractivity contribution in [1.82, 2.24) is 9.97 Å². The van der Waals surface area contributed by atoms with Crippen molar-refractivity contribution in [3.05, 3.63) is 75.6 Å². The number of hydrogen-bond acceptors (Lipinski definition) is 6. The quantitative estimate of drug-likeness (QED) is 0.443. The zero-order chi connectivity index (χ0) is 19.4. The van der Waals surface area contributed by atoms with Crippen LogP contribution in [0.3, 0.4) is 0 Å². The van der Waals surface area contributed by atoms with Gasteiger partial charge in [-0.1, -0.05) is 25.1 Å². The highest BCUT2D eigenvalue weighted by molar-refractivity contribution is 5.52. The molecule has 0 N–H and O–H groups in total. The van der Waals surface area contributed by atoms with E-state index < -0.39 is 10.6 Å². The molecule has 1 aromatic heterocycles. The molecule has 0 unspecified atom stereocenters. The fourth-order valence-electron chi connectivity index (χ4n) is 2.45. The molecule has 7 heteroatoms. The SMILES string of the molecule is CCc1ccc(Oc2ncnc(Oc3ccc(C)c(C)c3)c2[N+](=O)[O-])cc1. The molecule has 138 valence electrons. The van der Waals surface area contributed by atoms with Gasteiger partial charge in [-0.05, 0) is 61.2 Å². The first-order valence-electron chi connectivity index (χ1n) is 8.49. The molecule has 0 aliphatic carbocycles. The van der Waals surface area contributed by atoms with E-state index in [0.717, 1.165) is 23.1 Å². The number of ether oxygens (including phenoxy) is 2. The molecule has 0 aliphatic heterocycles. The molecule has 0 bridgehead atoms. The fourth-order valence-corrected chi connectivity index (χ4v) is 2.45. The van der Waals surface area contributed by atoms with Gasteiger partial charge < -0.3 is 9.47 Å². The third kappa shape index (κ3) is 4.20. The van der Waals surface area contributed by atoms with Gasteiger partial charge in [-0.3, -0.25) is 10.1 Å². The highest BCUT2D eigenvalue weighted by Crippen LogP contribution is 2.37. The van der Waals surface area contributed by atoms with Gasteiger partial charge in [0.15, 0.2) is 0 Å². The Balaban J connectivity index is 1.94. The topological polar surface area (TPSA) is 87.4 Å². The summed E-state index contributed by atoms with van der Waals surface area (Å²) >= 11 is 0. The minimum atomic E-state index is -0.605. The zero-order valence-electron chi connectivity index (χ0n) is 15.3. The maximum Gasteiger partial charge on any atom is 0.393 e. The lowest BCUT2D eigenvalue weighted by atomic mass is 10.1. The van der Waals surface area contributed by atoms with Gasteiger partial charge in [-0.25, -0.2) is 0 Å². The van der Waals surface area contributed by atoms with Gasteiger partial charge in [0.05, 0.1) is 4.92 Å². The summed E-state index contributed by atoms with van der Waals surface area (Å²) in [7, 11) is 0. The molecule has 0 aliphatic rings. The Bertz CT molecular complexity index is 971. The van der Waals surface area contributed by atoms with Crippen molar-refractivity contribution >= 4 is 5.69 Å². The van der Waals surface area contributed by atoms with E-state index in [9.17, 15) is 10.1 Å². The normalized spacial score (nSPS) is 10.5. The lowest BCUT2D eigenvalue weighted by Crippen LogP contribution is -2.01. The number of rotatable bonds is 6. The van der Waals surface area contributed by atoms with E-state index in [1.165, 1.54) is 6.33 Å². The molecule has 7 nitrogen and oxygen atoms in total. The molecular formula is C20H19N3O4. The van der Waals surface area contributed by atoms with Gasteiger partial charge in [0, 0.05) is 0 Å². The Kier molecular flexibility index (Phi) is 5.30. The Morgan fingerprint density at radius 1 is 0.926 bits per heavy atom. The Morgan fingerprint density at radius 2 is 1.52 bits per heavy atom. The number of nitro groups is 1. The summed E-state index contributed by atoms with van der Waals surface area (Å²) in [5.74, 6) is 0.570. The fraction of sp³-hybridized carbons (Fsp3) is 0.200. The molecule has 0 atom stereocenters. The van der Waals surface area contributed by atoms with Gasteiger partial charge in [-0.2, -0.15) is 9.97 Å². The zero-order valence-corrected chi connectivity index (χ0v) is 15.3. The van der Waals surface area contributed by atoms with E-state index in [2.05, 4.69) is 9.97 Å². The first kappa shape index (κ1) is 18.3. The summed E-state index contributed by atoms with van der Waals surface area (Å²) in [4.78, 5) is 18.8. The van der Waals surface area contributed by atoms with Crippen LogP contribution >= 0.6 is 0 Å². The molecule has 1 heterocycles. The van der Waals surface area contributed by atoms with Crippen LogP contribution in [0.4, 0.5) is 5.69 Å². The standard InChI is InChI=1S/C20H19N3O4/c1-4-15-6-9-16(10-7-15)26-19-18(23(24)25)20(22-12-21-19)27-17-8-5-13(2)14(3)11-17/h5-12H,4H2,1-3H3.